The molecule has 0 saturated carbocycles. The number of hydrogen-bond donors (Lipinski definition) is 2. The van der Waals surface area contributed by atoms with Gasteiger partial charge in [-0.1, -0.05) is 6.07 Å². The van der Waals surface area contributed by atoms with Crippen LogP contribution in [-0.4, -0.2) is 20.9 Å². The quantitative estimate of drug-likeness (QED) is 0.758. The zero-order chi connectivity index (χ0) is 17.7. The van der Waals surface area contributed by atoms with Gasteiger partial charge >= 0.3 is 0 Å². The van der Waals surface area contributed by atoms with Gasteiger partial charge in [0.15, 0.2) is 0 Å². The minimum absolute atomic E-state index is 0.0544. The largest absolute Gasteiger partial charge is 0.493 e. The molecule has 0 radical (unpaired) electrons. The first-order valence-electron chi connectivity index (χ1n) is 7.14. The van der Waals surface area contributed by atoms with E-state index in [-0.39, 0.29) is 10.8 Å². The van der Waals surface area contributed by atoms with E-state index in [0.29, 0.717) is 28.2 Å². The number of carbonyl (C=O) groups is 1. The van der Waals surface area contributed by atoms with Crippen molar-refractivity contribution in [2.24, 2.45) is 0 Å². The van der Waals surface area contributed by atoms with Crippen LogP contribution in [-0.2, 0) is 14.8 Å². The number of halogens is 1. The molecule has 2 aromatic rings. The molecule has 0 heterocycles. The third-order valence-corrected chi connectivity index (χ3v) is 4.95. The van der Waals surface area contributed by atoms with Gasteiger partial charge in [-0.3, -0.25) is 9.52 Å². The number of sulfonamides is 1. The second-order valence-electron chi connectivity index (χ2n) is 4.89. The SMILES string of the molecule is CCOc1ccc(NS(=O)(=O)c2cccc(NC(C)=O)c2)cc1Br. The van der Waals surface area contributed by atoms with Gasteiger partial charge in [-0.2, -0.15) is 0 Å². The van der Waals surface area contributed by atoms with Gasteiger partial charge in [0.25, 0.3) is 10.0 Å². The summed E-state index contributed by atoms with van der Waals surface area (Å²) in [7, 11) is -3.78. The van der Waals surface area contributed by atoms with Crippen LogP contribution in [0.25, 0.3) is 0 Å². The smallest absolute Gasteiger partial charge is 0.261 e. The van der Waals surface area contributed by atoms with Crippen LogP contribution in [0.15, 0.2) is 51.8 Å². The fraction of sp³-hybridized carbons (Fsp3) is 0.188. The van der Waals surface area contributed by atoms with E-state index < -0.39 is 10.0 Å². The molecule has 128 valence electrons. The molecular weight excluding hydrogens is 396 g/mol. The van der Waals surface area contributed by atoms with Crippen LogP contribution in [0.4, 0.5) is 11.4 Å². The summed E-state index contributed by atoms with van der Waals surface area (Å²) in [6.45, 7) is 3.74. The molecule has 2 N–H and O–H groups in total. The Morgan fingerprint density at radius 2 is 1.92 bits per heavy atom. The van der Waals surface area contributed by atoms with E-state index in [1.165, 1.54) is 19.1 Å². The molecule has 0 fully saturated rings. The second kappa shape index (κ2) is 7.67. The number of carbonyl (C=O) groups excluding carboxylic acids is 1. The Morgan fingerprint density at radius 1 is 1.17 bits per heavy atom. The molecule has 0 aliphatic rings. The number of rotatable bonds is 6. The van der Waals surface area contributed by atoms with Crippen molar-refractivity contribution in [3.8, 4) is 5.75 Å². The normalized spacial score (nSPS) is 11.0. The minimum Gasteiger partial charge on any atom is -0.493 e. The van der Waals surface area contributed by atoms with Crippen molar-refractivity contribution in [2.75, 3.05) is 16.6 Å². The molecule has 0 bridgehead atoms. The highest BCUT2D eigenvalue weighted by Gasteiger charge is 2.15. The van der Waals surface area contributed by atoms with Gasteiger partial charge in [0.1, 0.15) is 5.75 Å². The lowest BCUT2D eigenvalue weighted by molar-refractivity contribution is -0.114. The van der Waals surface area contributed by atoms with E-state index in [2.05, 4.69) is 26.0 Å². The van der Waals surface area contributed by atoms with Crippen molar-refractivity contribution >= 4 is 43.2 Å². The Balaban J connectivity index is 2.25. The van der Waals surface area contributed by atoms with Gasteiger partial charge in [-0.15, -0.1) is 0 Å². The van der Waals surface area contributed by atoms with Crippen LogP contribution >= 0.6 is 15.9 Å². The predicted molar refractivity (Wildman–Crippen MR) is 96.9 cm³/mol. The van der Waals surface area contributed by atoms with Gasteiger partial charge in [0, 0.05) is 12.6 Å². The molecule has 1 amide bonds. The van der Waals surface area contributed by atoms with E-state index in [1.807, 2.05) is 6.92 Å². The van der Waals surface area contributed by atoms with Crippen LogP contribution in [0.3, 0.4) is 0 Å². The highest BCUT2D eigenvalue weighted by Crippen LogP contribution is 2.29. The lowest BCUT2D eigenvalue weighted by Crippen LogP contribution is -2.14. The molecule has 0 unspecified atom stereocenters. The van der Waals surface area contributed by atoms with Crippen molar-refractivity contribution in [1.82, 2.24) is 0 Å². The number of nitrogens with one attached hydrogen (secondary N) is 2. The molecule has 0 spiro atoms. The van der Waals surface area contributed by atoms with Crippen molar-refractivity contribution < 1.29 is 17.9 Å². The minimum atomic E-state index is -3.78. The summed E-state index contributed by atoms with van der Waals surface area (Å²) < 4.78 is 33.5. The maximum atomic E-state index is 12.5. The molecule has 0 atom stereocenters. The van der Waals surface area contributed by atoms with Crippen molar-refractivity contribution in [1.29, 1.82) is 0 Å². The van der Waals surface area contributed by atoms with Crippen molar-refractivity contribution in [3.05, 3.63) is 46.9 Å². The lowest BCUT2D eigenvalue weighted by Gasteiger charge is -2.11. The van der Waals surface area contributed by atoms with Crippen LogP contribution < -0.4 is 14.8 Å². The van der Waals surface area contributed by atoms with Crippen LogP contribution in [0.1, 0.15) is 13.8 Å². The first-order chi connectivity index (χ1) is 11.3. The summed E-state index contributed by atoms with van der Waals surface area (Å²) in [5.41, 5.74) is 0.813. The zero-order valence-corrected chi connectivity index (χ0v) is 15.6. The molecule has 6 nitrogen and oxygen atoms in total. The van der Waals surface area contributed by atoms with Gasteiger partial charge in [0.2, 0.25) is 5.91 Å². The Kier molecular flexibility index (Phi) is 5.84. The molecule has 0 aliphatic heterocycles. The monoisotopic (exact) mass is 412 g/mol. The fourth-order valence-electron chi connectivity index (χ4n) is 2.00. The van der Waals surface area contributed by atoms with E-state index in [4.69, 9.17) is 4.74 Å². The van der Waals surface area contributed by atoms with Gasteiger partial charge < -0.3 is 10.1 Å². The van der Waals surface area contributed by atoms with E-state index in [9.17, 15) is 13.2 Å². The number of amides is 1. The van der Waals surface area contributed by atoms with Gasteiger partial charge in [-0.25, -0.2) is 8.42 Å². The molecule has 2 rings (SSSR count). The predicted octanol–water partition coefficient (Wildman–Crippen LogP) is 3.61. The third kappa shape index (κ3) is 4.72. The number of benzene rings is 2. The molecular formula is C16H17BrN2O4S. The number of ether oxygens (including phenoxy) is 1. The fourth-order valence-corrected chi connectivity index (χ4v) is 3.58. The molecule has 0 aromatic heterocycles. The summed E-state index contributed by atoms with van der Waals surface area (Å²) in [5.74, 6) is 0.362. The topological polar surface area (TPSA) is 84.5 Å². The molecule has 24 heavy (non-hydrogen) atoms. The zero-order valence-electron chi connectivity index (χ0n) is 13.2. The molecule has 8 heteroatoms. The average molecular weight is 413 g/mol. The van der Waals surface area contributed by atoms with Gasteiger partial charge in [-0.05, 0) is 59.3 Å². The number of hydrogen-bond acceptors (Lipinski definition) is 4. The summed E-state index contributed by atoms with van der Waals surface area (Å²) in [5, 5.41) is 2.56. The van der Waals surface area contributed by atoms with Crippen LogP contribution in [0, 0.1) is 0 Å². The maximum Gasteiger partial charge on any atom is 0.261 e. The molecule has 2 aromatic carbocycles. The summed E-state index contributed by atoms with van der Waals surface area (Å²) in [6.07, 6.45) is 0. The molecule has 0 saturated heterocycles. The second-order valence-corrected chi connectivity index (χ2v) is 7.43. The first-order valence-corrected chi connectivity index (χ1v) is 9.42. The van der Waals surface area contributed by atoms with Crippen molar-refractivity contribution in [2.45, 2.75) is 18.7 Å². The lowest BCUT2D eigenvalue weighted by atomic mass is 10.3. The van der Waals surface area contributed by atoms with E-state index in [0.717, 1.165) is 0 Å². The maximum absolute atomic E-state index is 12.5. The summed E-state index contributed by atoms with van der Waals surface area (Å²) in [6, 6.07) is 11.0. The van der Waals surface area contributed by atoms with Crippen LogP contribution in [0.5, 0.6) is 5.75 Å². The Morgan fingerprint density at radius 3 is 2.54 bits per heavy atom. The Hall–Kier alpha value is -2.06. The van der Waals surface area contributed by atoms with Crippen molar-refractivity contribution in [3.63, 3.8) is 0 Å². The van der Waals surface area contributed by atoms with Gasteiger partial charge in [0.05, 0.1) is 21.7 Å². The van der Waals surface area contributed by atoms with E-state index in [1.54, 1.807) is 30.3 Å². The Labute approximate surface area is 149 Å². The average Bonchev–Trinajstić information content (AvgIpc) is 2.49. The van der Waals surface area contributed by atoms with E-state index >= 15 is 0 Å². The summed E-state index contributed by atoms with van der Waals surface area (Å²) >= 11 is 3.34. The van der Waals surface area contributed by atoms with Crippen LogP contribution in [0.2, 0.25) is 0 Å². The standard InChI is InChI=1S/C16H17BrN2O4S/c1-3-23-16-8-7-13(10-15(16)17)19-24(21,22)14-6-4-5-12(9-14)18-11(2)20/h4-10,19H,3H2,1-2H3,(H,18,20). The summed E-state index contributed by atoms with van der Waals surface area (Å²) in [4.78, 5) is 11.1. The number of anilines is 2. The highest BCUT2D eigenvalue weighted by molar-refractivity contribution is 9.10. The highest BCUT2D eigenvalue weighted by atomic mass is 79.9. The first kappa shape index (κ1) is 18.3. The molecule has 0 aliphatic carbocycles. The Bertz CT molecular complexity index is 853. The third-order valence-electron chi connectivity index (χ3n) is 2.95.